The van der Waals surface area contributed by atoms with Crippen LogP contribution in [0.3, 0.4) is 0 Å². The van der Waals surface area contributed by atoms with Gasteiger partial charge in [0.05, 0.1) is 7.11 Å². The number of Topliss-reactive ketones (excluding diaryl/α,β-unsaturated/α-hetero) is 1. The van der Waals surface area contributed by atoms with Gasteiger partial charge >= 0.3 is 5.97 Å². The predicted molar refractivity (Wildman–Crippen MR) is 94.3 cm³/mol. The van der Waals surface area contributed by atoms with Crippen molar-refractivity contribution in [2.75, 3.05) is 49.4 Å². The van der Waals surface area contributed by atoms with Gasteiger partial charge in [0.2, 0.25) is 0 Å². The molecule has 0 spiro atoms. The summed E-state index contributed by atoms with van der Waals surface area (Å²) in [5.41, 5.74) is 0.563. The Kier molecular flexibility index (Phi) is 8.55. The highest BCUT2D eigenvalue weighted by Gasteiger charge is 2.29. The molecule has 0 atom stereocenters. The van der Waals surface area contributed by atoms with E-state index in [1.54, 1.807) is 6.92 Å². The fourth-order valence-electron chi connectivity index (χ4n) is 2.15. The number of ether oxygens (including phenoxy) is 1. The zero-order valence-corrected chi connectivity index (χ0v) is 16.4. The molecular formula is C14H28N5O3P. The van der Waals surface area contributed by atoms with E-state index in [1.807, 2.05) is 56.3 Å². The molecule has 0 saturated heterocycles. The molecule has 0 bridgehead atoms. The van der Waals surface area contributed by atoms with Crippen LogP contribution in [0.25, 0.3) is 0 Å². The smallest absolute Gasteiger partial charge is 0.330 e. The summed E-state index contributed by atoms with van der Waals surface area (Å²) in [6, 6.07) is 0. The quantitative estimate of drug-likeness (QED) is 0.230. The topological polar surface area (TPSA) is 77.8 Å². The van der Waals surface area contributed by atoms with Crippen molar-refractivity contribution in [2.45, 2.75) is 13.8 Å². The number of ketones is 1. The number of carbonyl (C=O) groups is 2. The lowest BCUT2D eigenvalue weighted by Gasteiger charge is -2.39. The van der Waals surface area contributed by atoms with Crippen molar-refractivity contribution in [1.82, 2.24) is 14.0 Å². The number of hydrogen-bond acceptors (Lipinski definition) is 4. The average molecular weight is 345 g/mol. The predicted octanol–water partition coefficient (Wildman–Crippen LogP) is 1.68. The highest BCUT2D eigenvalue weighted by atomic mass is 31.2. The Morgan fingerprint density at radius 3 is 1.70 bits per heavy atom. The van der Waals surface area contributed by atoms with Gasteiger partial charge in [0.1, 0.15) is 5.71 Å². The third-order valence-electron chi connectivity index (χ3n) is 3.12. The summed E-state index contributed by atoms with van der Waals surface area (Å²) in [5, 5.41) is 4.19. The van der Waals surface area contributed by atoms with Crippen LogP contribution < -0.4 is 0 Å². The van der Waals surface area contributed by atoms with E-state index in [0.29, 0.717) is 5.57 Å². The van der Waals surface area contributed by atoms with Gasteiger partial charge in [-0.1, -0.05) is 0 Å². The lowest BCUT2D eigenvalue weighted by atomic mass is 10.1. The highest BCUT2D eigenvalue weighted by molar-refractivity contribution is 7.58. The molecule has 0 heterocycles. The molecule has 9 heteroatoms. The van der Waals surface area contributed by atoms with Crippen molar-refractivity contribution < 1.29 is 14.3 Å². The largest absolute Gasteiger partial charge is 0.466 e. The van der Waals surface area contributed by atoms with Crippen LogP contribution in [-0.4, -0.2) is 80.9 Å². The Hall–Kier alpha value is -1.34. The molecule has 0 aromatic rings. The fraction of sp³-hybridized carbons (Fsp3) is 0.643. The number of hydrogen-bond donors (Lipinski definition) is 0. The highest BCUT2D eigenvalue weighted by Crippen LogP contribution is 2.54. The van der Waals surface area contributed by atoms with Crippen LogP contribution in [-0.2, 0) is 14.3 Å². The summed E-state index contributed by atoms with van der Waals surface area (Å²) in [7, 11) is 10.5. The SMILES string of the molecule is COC(=O)/C=C(C)/C(=N\N=P(N(C)C)(N(C)C)N(C)C)C(C)=O. The first kappa shape index (κ1) is 21.7. The van der Waals surface area contributed by atoms with E-state index < -0.39 is 13.5 Å². The van der Waals surface area contributed by atoms with Crippen LogP contribution in [0, 0.1) is 0 Å². The molecule has 0 radical (unpaired) electrons. The molecule has 0 aliphatic carbocycles. The maximum absolute atomic E-state index is 11.9. The van der Waals surface area contributed by atoms with E-state index in [0.717, 1.165) is 0 Å². The van der Waals surface area contributed by atoms with E-state index in [-0.39, 0.29) is 11.5 Å². The molecule has 23 heavy (non-hydrogen) atoms. The van der Waals surface area contributed by atoms with Crippen LogP contribution in [0.5, 0.6) is 0 Å². The molecule has 0 aromatic carbocycles. The molecule has 0 amide bonds. The third kappa shape index (κ3) is 5.35. The van der Waals surface area contributed by atoms with E-state index >= 15 is 0 Å². The summed E-state index contributed by atoms with van der Waals surface area (Å²) >= 11 is 0. The maximum atomic E-state index is 11.9. The van der Waals surface area contributed by atoms with Crippen LogP contribution in [0.4, 0.5) is 0 Å². The lowest BCUT2D eigenvalue weighted by molar-refractivity contribution is -0.134. The van der Waals surface area contributed by atoms with E-state index in [4.69, 9.17) is 0 Å². The molecule has 0 aromatic heterocycles. The van der Waals surface area contributed by atoms with Crippen LogP contribution >= 0.6 is 7.51 Å². The van der Waals surface area contributed by atoms with Crippen LogP contribution in [0.1, 0.15) is 13.8 Å². The Labute approximate surface area is 139 Å². The molecule has 0 rings (SSSR count). The first-order chi connectivity index (χ1) is 10.5. The molecule has 0 unspecified atom stereocenters. The number of carbonyl (C=O) groups excluding carboxylic acids is 2. The van der Waals surface area contributed by atoms with Crippen molar-refractivity contribution in [3.8, 4) is 0 Å². The first-order valence-electron chi connectivity index (χ1n) is 7.00. The standard InChI is InChI=1S/C14H28N5O3P/c1-11(10-13(21)22-9)14(12(2)20)15-16-23(17(3)4,18(5)6)19(7)8/h10H,1-9H3/b11-10+,15-14+. The Morgan fingerprint density at radius 2 is 1.39 bits per heavy atom. The van der Waals surface area contributed by atoms with E-state index in [2.05, 4.69) is 14.7 Å². The summed E-state index contributed by atoms with van der Waals surface area (Å²) in [5.74, 6) is -0.800. The van der Waals surface area contributed by atoms with Gasteiger partial charge in [-0.25, -0.2) is 4.79 Å². The normalized spacial score (nSPS) is 13.7. The average Bonchev–Trinajstić information content (AvgIpc) is 2.41. The molecule has 0 N–H and O–H groups in total. The Morgan fingerprint density at radius 1 is 0.957 bits per heavy atom. The monoisotopic (exact) mass is 345 g/mol. The van der Waals surface area contributed by atoms with Gasteiger partial charge in [-0.05, 0) is 54.8 Å². The number of esters is 1. The van der Waals surface area contributed by atoms with Crippen molar-refractivity contribution >= 4 is 25.0 Å². The van der Waals surface area contributed by atoms with Gasteiger partial charge in [-0.3, -0.25) is 18.8 Å². The number of rotatable bonds is 7. The molecule has 0 saturated carbocycles. The molecule has 0 aliphatic rings. The minimum atomic E-state index is -2.24. The Balaban J connectivity index is 6.24. The fourth-order valence-corrected chi connectivity index (χ4v) is 4.99. The zero-order valence-electron chi connectivity index (χ0n) is 15.5. The third-order valence-corrected chi connectivity index (χ3v) is 6.67. The van der Waals surface area contributed by atoms with Gasteiger partial charge < -0.3 is 4.74 Å². The minimum absolute atomic E-state index is 0.144. The van der Waals surface area contributed by atoms with E-state index in [1.165, 1.54) is 20.1 Å². The van der Waals surface area contributed by atoms with Gasteiger partial charge in [0, 0.05) is 13.0 Å². The van der Waals surface area contributed by atoms with Gasteiger partial charge in [0.15, 0.2) is 13.3 Å². The summed E-state index contributed by atoms with van der Waals surface area (Å²) in [4.78, 5) is 27.7. The Bertz CT molecular complexity index is 536. The van der Waals surface area contributed by atoms with E-state index in [9.17, 15) is 9.59 Å². The number of methoxy groups -OCH3 is 1. The molecule has 0 fully saturated rings. The second kappa shape index (κ2) is 9.08. The molecule has 8 nitrogen and oxygen atoms in total. The van der Waals surface area contributed by atoms with Crippen molar-refractivity contribution in [1.29, 1.82) is 0 Å². The van der Waals surface area contributed by atoms with Gasteiger partial charge in [-0.2, -0.15) is 0 Å². The second-order valence-electron chi connectivity index (χ2n) is 5.52. The minimum Gasteiger partial charge on any atom is -0.466 e. The molecular weight excluding hydrogens is 317 g/mol. The lowest BCUT2D eigenvalue weighted by Crippen LogP contribution is -2.30. The van der Waals surface area contributed by atoms with Crippen LogP contribution in [0.2, 0.25) is 0 Å². The maximum Gasteiger partial charge on any atom is 0.330 e. The van der Waals surface area contributed by atoms with Crippen LogP contribution in [0.15, 0.2) is 21.6 Å². The molecule has 0 aliphatic heterocycles. The van der Waals surface area contributed by atoms with Crippen molar-refractivity contribution in [3.63, 3.8) is 0 Å². The zero-order chi connectivity index (χ0) is 18.4. The van der Waals surface area contributed by atoms with Crippen molar-refractivity contribution in [2.24, 2.45) is 9.96 Å². The first-order valence-corrected chi connectivity index (χ1v) is 8.60. The summed E-state index contributed by atoms with van der Waals surface area (Å²) in [6.45, 7) is 3.03. The number of nitrogens with zero attached hydrogens (tertiary/aromatic N) is 5. The number of allylic oxidation sites excluding steroid dienone is 1. The van der Waals surface area contributed by atoms with Gasteiger partial charge in [0.25, 0.3) is 0 Å². The van der Waals surface area contributed by atoms with Crippen molar-refractivity contribution in [3.05, 3.63) is 11.6 Å². The summed E-state index contributed by atoms with van der Waals surface area (Å²) in [6.07, 6.45) is 1.23. The summed E-state index contributed by atoms with van der Waals surface area (Å²) < 4.78 is 10.5. The van der Waals surface area contributed by atoms with Gasteiger partial charge in [-0.15, -0.1) is 9.96 Å². The molecule has 132 valence electrons. The second-order valence-corrected chi connectivity index (χ2v) is 9.18.